The van der Waals surface area contributed by atoms with Crippen molar-refractivity contribution in [1.29, 1.82) is 0 Å². The summed E-state index contributed by atoms with van der Waals surface area (Å²) in [6.45, 7) is 4.16. The number of carbonyl (C=O) groups excluding carboxylic acids is 3. The van der Waals surface area contributed by atoms with Crippen LogP contribution in [-0.2, 0) is 4.79 Å². The van der Waals surface area contributed by atoms with E-state index in [1.807, 2.05) is 24.3 Å². The Kier molecular flexibility index (Phi) is 5.31. The second kappa shape index (κ2) is 8.06. The largest absolute Gasteiger partial charge is 0.346 e. The Morgan fingerprint density at radius 2 is 1.93 bits per heavy atom. The van der Waals surface area contributed by atoms with Gasteiger partial charge in [-0.2, -0.15) is 0 Å². The fourth-order valence-corrected chi connectivity index (χ4v) is 3.64. The van der Waals surface area contributed by atoms with E-state index in [2.05, 4.69) is 34.1 Å². The number of carbonyl (C=O) groups is 3. The fraction of sp³-hybridized carbons (Fsp3) is 0.318. The number of H-pyrrole nitrogens is 1. The van der Waals surface area contributed by atoms with Gasteiger partial charge in [0, 0.05) is 19.2 Å². The van der Waals surface area contributed by atoms with Crippen LogP contribution >= 0.6 is 0 Å². The predicted molar refractivity (Wildman–Crippen MR) is 111 cm³/mol. The molecule has 1 aliphatic rings. The Balaban J connectivity index is 1.43. The molecule has 8 nitrogen and oxygen atoms in total. The van der Waals surface area contributed by atoms with E-state index < -0.39 is 11.8 Å². The number of hydrogen-bond acceptors (Lipinski definition) is 5. The lowest BCUT2D eigenvalue weighted by atomic mass is 10.0. The second-order valence-corrected chi connectivity index (χ2v) is 7.80. The van der Waals surface area contributed by atoms with Crippen LogP contribution in [0.5, 0.6) is 0 Å². The Hall–Kier alpha value is -3.55. The third-order valence-electron chi connectivity index (χ3n) is 5.07. The molecule has 0 saturated carbocycles. The number of para-hydroxylation sites is 2. The van der Waals surface area contributed by atoms with Gasteiger partial charge in [-0.3, -0.25) is 24.3 Å². The number of rotatable bonds is 7. The van der Waals surface area contributed by atoms with E-state index >= 15 is 0 Å². The van der Waals surface area contributed by atoms with Crippen molar-refractivity contribution in [3.8, 4) is 0 Å². The lowest BCUT2D eigenvalue weighted by molar-refractivity contribution is -0.122. The lowest BCUT2D eigenvalue weighted by Crippen LogP contribution is -2.36. The molecule has 0 unspecified atom stereocenters. The molecule has 0 radical (unpaired) electrons. The second-order valence-electron chi connectivity index (χ2n) is 7.80. The molecular formula is C22H23N5O3. The van der Waals surface area contributed by atoms with Crippen LogP contribution in [0.15, 0.2) is 42.6 Å². The minimum absolute atomic E-state index is 0.00832. The van der Waals surface area contributed by atoms with E-state index in [1.54, 1.807) is 12.1 Å². The van der Waals surface area contributed by atoms with Gasteiger partial charge < -0.3 is 10.3 Å². The number of benzene rings is 1. The Labute approximate surface area is 173 Å². The summed E-state index contributed by atoms with van der Waals surface area (Å²) in [6, 6.07) is 10.6. The van der Waals surface area contributed by atoms with Crippen molar-refractivity contribution in [1.82, 2.24) is 25.2 Å². The van der Waals surface area contributed by atoms with Gasteiger partial charge in [0.1, 0.15) is 11.5 Å². The predicted octanol–water partition coefficient (Wildman–Crippen LogP) is 2.85. The van der Waals surface area contributed by atoms with Gasteiger partial charge in [0.25, 0.3) is 11.8 Å². The van der Waals surface area contributed by atoms with Gasteiger partial charge >= 0.3 is 0 Å². The molecule has 8 heteroatoms. The zero-order chi connectivity index (χ0) is 21.3. The standard InChI is InChI=1S/C22H23N5O3/c1-13(2)12-17(20-25-15-7-3-4-8-16(15)26-20)24-18(28)9-11-27-21(29)14-6-5-10-23-19(14)22(27)30/h3-8,10,13,17H,9,11-12H2,1-2H3,(H,24,28)(H,25,26)/t17-/m0/s1. The molecule has 1 aromatic carbocycles. The quantitative estimate of drug-likeness (QED) is 0.588. The number of imidazole rings is 1. The minimum atomic E-state index is -0.459. The highest BCUT2D eigenvalue weighted by Crippen LogP contribution is 2.23. The normalized spacial score (nSPS) is 14.4. The maximum atomic E-state index is 12.6. The molecule has 0 saturated heterocycles. The van der Waals surface area contributed by atoms with E-state index in [1.165, 1.54) is 6.20 Å². The zero-order valence-corrected chi connectivity index (χ0v) is 16.9. The first-order valence-electron chi connectivity index (χ1n) is 9.99. The molecule has 1 aliphatic heterocycles. The van der Waals surface area contributed by atoms with Crippen LogP contribution in [0.3, 0.4) is 0 Å². The number of hydrogen-bond donors (Lipinski definition) is 2. The topological polar surface area (TPSA) is 108 Å². The number of nitrogens with zero attached hydrogens (tertiary/aromatic N) is 3. The van der Waals surface area contributed by atoms with Crippen LogP contribution in [0.2, 0.25) is 0 Å². The van der Waals surface area contributed by atoms with Crippen molar-refractivity contribution in [2.24, 2.45) is 5.92 Å². The monoisotopic (exact) mass is 405 g/mol. The minimum Gasteiger partial charge on any atom is -0.346 e. The number of aromatic nitrogens is 3. The van der Waals surface area contributed by atoms with Crippen molar-refractivity contribution < 1.29 is 14.4 Å². The maximum Gasteiger partial charge on any atom is 0.280 e. The van der Waals surface area contributed by atoms with Gasteiger partial charge in [-0.1, -0.05) is 26.0 Å². The molecule has 30 heavy (non-hydrogen) atoms. The van der Waals surface area contributed by atoms with Crippen molar-refractivity contribution in [3.05, 3.63) is 59.7 Å². The van der Waals surface area contributed by atoms with E-state index in [0.29, 0.717) is 18.2 Å². The summed E-state index contributed by atoms with van der Waals surface area (Å²) in [4.78, 5) is 50.4. The van der Waals surface area contributed by atoms with E-state index in [4.69, 9.17) is 0 Å². The molecule has 154 valence electrons. The summed E-state index contributed by atoms with van der Waals surface area (Å²) >= 11 is 0. The van der Waals surface area contributed by atoms with Crippen LogP contribution in [0, 0.1) is 5.92 Å². The smallest absolute Gasteiger partial charge is 0.280 e. The first-order valence-corrected chi connectivity index (χ1v) is 9.99. The van der Waals surface area contributed by atoms with E-state index in [-0.39, 0.29) is 36.2 Å². The van der Waals surface area contributed by atoms with Gasteiger partial charge in [-0.15, -0.1) is 0 Å². The van der Waals surface area contributed by atoms with Gasteiger partial charge in [0.2, 0.25) is 5.91 Å². The maximum absolute atomic E-state index is 12.6. The summed E-state index contributed by atoms with van der Waals surface area (Å²) in [5, 5.41) is 3.00. The summed E-state index contributed by atoms with van der Waals surface area (Å²) in [7, 11) is 0. The molecule has 3 aromatic rings. The summed E-state index contributed by atoms with van der Waals surface area (Å²) in [5.74, 6) is -0.0778. The molecule has 0 bridgehead atoms. The van der Waals surface area contributed by atoms with E-state index in [9.17, 15) is 14.4 Å². The van der Waals surface area contributed by atoms with Crippen LogP contribution in [0.1, 0.15) is 59.4 Å². The van der Waals surface area contributed by atoms with Gasteiger partial charge in [0.15, 0.2) is 0 Å². The molecule has 2 aromatic heterocycles. The van der Waals surface area contributed by atoms with Gasteiger partial charge in [0.05, 0.1) is 22.6 Å². The molecule has 4 rings (SSSR count). The first kappa shape index (κ1) is 19.8. The van der Waals surface area contributed by atoms with Crippen LogP contribution in [-0.4, -0.2) is 44.1 Å². The summed E-state index contributed by atoms with van der Waals surface area (Å²) in [6.07, 6.45) is 2.20. The molecule has 3 amide bonds. The SMILES string of the molecule is CC(C)C[C@H](NC(=O)CCN1C(=O)c2cccnc2C1=O)c1nc2ccccc2[nH]1. The van der Waals surface area contributed by atoms with Crippen molar-refractivity contribution in [3.63, 3.8) is 0 Å². The van der Waals surface area contributed by atoms with Gasteiger partial charge in [-0.25, -0.2) is 4.98 Å². The van der Waals surface area contributed by atoms with Gasteiger partial charge in [-0.05, 0) is 36.6 Å². The molecule has 3 heterocycles. The highest BCUT2D eigenvalue weighted by atomic mass is 16.2. The lowest BCUT2D eigenvalue weighted by Gasteiger charge is -2.20. The van der Waals surface area contributed by atoms with Crippen LogP contribution in [0.4, 0.5) is 0 Å². The van der Waals surface area contributed by atoms with Crippen LogP contribution in [0.25, 0.3) is 11.0 Å². The van der Waals surface area contributed by atoms with Crippen molar-refractivity contribution in [2.75, 3.05) is 6.54 Å². The Bertz CT molecular complexity index is 1050. The first-order chi connectivity index (χ1) is 14.4. The van der Waals surface area contributed by atoms with Crippen LogP contribution < -0.4 is 5.32 Å². The van der Waals surface area contributed by atoms with Crippen molar-refractivity contribution in [2.45, 2.75) is 32.7 Å². The molecule has 2 N–H and O–H groups in total. The average molecular weight is 405 g/mol. The molecule has 1 atom stereocenters. The van der Waals surface area contributed by atoms with E-state index in [0.717, 1.165) is 15.9 Å². The number of nitrogens with one attached hydrogen (secondary N) is 2. The Morgan fingerprint density at radius 3 is 2.67 bits per heavy atom. The highest BCUT2D eigenvalue weighted by molar-refractivity contribution is 6.20. The van der Waals surface area contributed by atoms with Crippen molar-refractivity contribution >= 4 is 28.8 Å². The third kappa shape index (κ3) is 3.80. The number of amides is 3. The summed E-state index contributed by atoms with van der Waals surface area (Å²) in [5.41, 5.74) is 2.17. The number of fused-ring (bicyclic) bond motifs is 2. The highest BCUT2D eigenvalue weighted by Gasteiger charge is 2.36. The number of pyridine rings is 1. The number of imide groups is 1. The molecule has 0 fully saturated rings. The molecule has 0 aliphatic carbocycles. The fourth-order valence-electron chi connectivity index (χ4n) is 3.64. The summed E-state index contributed by atoms with van der Waals surface area (Å²) < 4.78 is 0. The molecular weight excluding hydrogens is 382 g/mol. The average Bonchev–Trinajstić information content (AvgIpc) is 3.26. The molecule has 0 spiro atoms. The zero-order valence-electron chi connectivity index (χ0n) is 16.9. The Morgan fingerprint density at radius 1 is 1.13 bits per heavy atom. The third-order valence-corrected chi connectivity index (χ3v) is 5.07. The number of aromatic amines is 1.